The highest BCUT2D eigenvalue weighted by molar-refractivity contribution is 5.70. The first-order chi connectivity index (χ1) is 26.6. The quantitative estimate of drug-likeness (QED) is 0.0380. The van der Waals surface area contributed by atoms with Gasteiger partial charge in [0.15, 0.2) is 6.10 Å². The summed E-state index contributed by atoms with van der Waals surface area (Å²) in [4.78, 5) is 24.4. The Labute approximate surface area is 336 Å². The van der Waals surface area contributed by atoms with Crippen LogP contribution in [0.3, 0.4) is 0 Å². The number of hydrogen-bond donors (Lipinski definition) is 1. The number of carbonyl (C=O) groups is 2. The number of aliphatic hydroxyl groups is 1. The topological polar surface area (TPSA) is 72.8 Å². The second-order valence-electron chi connectivity index (χ2n) is 16.2. The van der Waals surface area contributed by atoms with Crippen molar-refractivity contribution in [2.75, 3.05) is 13.2 Å². The Kier molecular flexibility index (Phi) is 44.4. The van der Waals surface area contributed by atoms with Crippen LogP contribution in [0.1, 0.15) is 258 Å². The standard InChI is InChI=1S/C49H92O5/c1-3-5-7-9-11-13-15-17-19-21-23-24-26-28-30-32-34-36-38-40-42-44-49(52)54-47(45-50)46-53-48(51)43-41-39-37-35-33-31-29-27-25-22-20-18-16-14-12-10-8-6-4-2/h12,14,18,20,47,50H,3-11,13,15-17,19,21-46H2,1-2H3/b14-12-,20-18-/t47-/m0/s1. The molecular weight excluding hydrogens is 669 g/mol. The Morgan fingerprint density at radius 2 is 0.741 bits per heavy atom. The van der Waals surface area contributed by atoms with Crippen LogP contribution in [0.25, 0.3) is 0 Å². The van der Waals surface area contributed by atoms with E-state index in [-0.39, 0.29) is 25.2 Å². The van der Waals surface area contributed by atoms with Crippen molar-refractivity contribution in [1.82, 2.24) is 0 Å². The van der Waals surface area contributed by atoms with Gasteiger partial charge in [-0.1, -0.05) is 224 Å². The number of hydrogen-bond acceptors (Lipinski definition) is 5. The summed E-state index contributed by atoms with van der Waals surface area (Å²) in [5.74, 6) is -0.581. The minimum absolute atomic E-state index is 0.0631. The highest BCUT2D eigenvalue weighted by atomic mass is 16.6. The maximum Gasteiger partial charge on any atom is 0.306 e. The summed E-state index contributed by atoms with van der Waals surface area (Å²) in [6.07, 6.45) is 55.4. The fourth-order valence-corrected chi connectivity index (χ4v) is 7.12. The van der Waals surface area contributed by atoms with E-state index >= 15 is 0 Å². The first-order valence-corrected chi connectivity index (χ1v) is 23.9. The minimum atomic E-state index is -0.769. The number of rotatable bonds is 44. The average Bonchev–Trinajstić information content (AvgIpc) is 3.17. The predicted molar refractivity (Wildman–Crippen MR) is 233 cm³/mol. The molecule has 0 unspecified atom stereocenters. The van der Waals surface area contributed by atoms with Crippen LogP contribution in [-0.2, 0) is 19.1 Å². The molecule has 0 radical (unpaired) electrons. The molecule has 0 rings (SSSR count). The lowest BCUT2D eigenvalue weighted by molar-refractivity contribution is -0.161. The van der Waals surface area contributed by atoms with Crippen molar-refractivity contribution in [1.29, 1.82) is 0 Å². The third-order valence-corrected chi connectivity index (χ3v) is 10.7. The molecule has 0 bridgehead atoms. The molecule has 318 valence electrons. The summed E-state index contributed by atoms with van der Waals surface area (Å²) in [7, 11) is 0. The summed E-state index contributed by atoms with van der Waals surface area (Å²) in [5, 5.41) is 9.61. The van der Waals surface area contributed by atoms with Gasteiger partial charge in [-0.2, -0.15) is 0 Å². The molecule has 1 N–H and O–H groups in total. The van der Waals surface area contributed by atoms with E-state index in [0.29, 0.717) is 12.8 Å². The monoisotopic (exact) mass is 761 g/mol. The number of unbranched alkanes of at least 4 members (excludes halogenated alkanes) is 32. The Morgan fingerprint density at radius 1 is 0.426 bits per heavy atom. The molecule has 0 saturated carbocycles. The molecule has 0 aliphatic carbocycles. The molecule has 54 heavy (non-hydrogen) atoms. The first-order valence-electron chi connectivity index (χ1n) is 23.9. The van der Waals surface area contributed by atoms with Crippen LogP contribution in [0.15, 0.2) is 24.3 Å². The van der Waals surface area contributed by atoms with E-state index in [2.05, 4.69) is 38.2 Å². The highest BCUT2D eigenvalue weighted by Crippen LogP contribution is 2.16. The Morgan fingerprint density at radius 3 is 1.13 bits per heavy atom. The van der Waals surface area contributed by atoms with Crippen molar-refractivity contribution < 1.29 is 24.2 Å². The molecule has 5 heteroatoms. The molecule has 0 saturated heterocycles. The Bertz CT molecular complexity index is 821. The third kappa shape index (κ3) is 43.1. The van der Waals surface area contributed by atoms with Gasteiger partial charge in [0.1, 0.15) is 6.61 Å². The van der Waals surface area contributed by atoms with Gasteiger partial charge < -0.3 is 14.6 Å². The van der Waals surface area contributed by atoms with E-state index < -0.39 is 6.10 Å². The van der Waals surface area contributed by atoms with E-state index in [4.69, 9.17) is 9.47 Å². The van der Waals surface area contributed by atoms with Gasteiger partial charge >= 0.3 is 11.9 Å². The van der Waals surface area contributed by atoms with Gasteiger partial charge in [-0.25, -0.2) is 0 Å². The fraction of sp³-hybridized carbons (Fsp3) is 0.878. The maximum atomic E-state index is 12.2. The molecule has 5 nitrogen and oxygen atoms in total. The van der Waals surface area contributed by atoms with Crippen molar-refractivity contribution in [3.8, 4) is 0 Å². The van der Waals surface area contributed by atoms with Crippen LogP contribution in [0.2, 0.25) is 0 Å². The van der Waals surface area contributed by atoms with Crippen molar-refractivity contribution in [3.63, 3.8) is 0 Å². The number of allylic oxidation sites excluding steroid dienone is 4. The number of ether oxygens (including phenoxy) is 2. The molecule has 0 fully saturated rings. The van der Waals surface area contributed by atoms with E-state index in [0.717, 1.165) is 44.9 Å². The SMILES string of the molecule is CCCCC/C=C\C/C=C\CCCCCCCCCCCC(=O)OC[C@H](CO)OC(=O)CCCCCCCCCCCCCCCCCCCCCCC. The first kappa shape index (κ1) is 52.4. The molecule has 0 spiro atoms. The molecule has 0 heterocycles. The lowest BCUT2D eigenvalue weighted by atomic mass is 10.0. The third-order valence-electron chi connectivity index (χ3n) is 10.7. The summed E-state index contributed by atoms with van der Waals surface area (Å²) < 4.78 is 10.7. The van der Waals surface area contributed by atoms with Crippen molar-refractivity contribution in [3.05, 3.63) is 24.3 Å². The van der Waals surface area contributed by atoms with E-state index in [1.54, 1.807) is 0 Å². The molecule has 0 aliphatic rings. The van der Waals surface area contributed by atoms with Crippen molar-refractivity contribution >= 4 is 11.9 Å². The van der Waals surface area contributed by atoms with E-state index in [1.165, 1.54) is 186 Å². The zero-order chi connectivity index (χ0) is 39.3. The van der Waals surface area contributed by atoms with Gasteiger partial charge in [-0.15, -0.1) is 0 Å². The average molecular weight is 761 g/mol. The number of aliphatic hydroxyl groups excluding tert-OH is 1. The van der Waals surface area contributed by atoms with Crippen LogP contribution in [0, 0.1) is 0 Å². The normalized spacial score (nSPS) is 12.3. The second-order valence-corrected chi connectivity index (χ2v) is 16.2. The van der Waals surface area contributed by atoms with Gasteiger partial charge in [0, 0.05) is 12.8 Å². The molecule has 0 aromatic heterocycles. The van der Waals surface area contributed by atoms with Crippen LogP contribution in [0.5, 0.6) is 0 Å². The minimum Gasteiger partial charge on any atom is -0.462 e. The van der Waals surface area contributed by atoms with Crippen LogP contribution in [-0.4, -0.2) is 36.4 Å². The van der Waals surface area contributed by atoms with Crippen molar-refractivity contribution in [2.24, 2.45) is 0 Å². The smallest absolute Gasteiger partial charge is 0.306 e. The number of esters is 2. The Hall–Kier alpha value is -1.62. The molecule has 0 aromatic carbocycles. The molecule has 0 aromatic rings. The summed E-state index contributed by atoms with van der Waals surface area (Å²) in [6.45, 7) is 4.15. The van der Waals surface area contributed by atoms with Crippen LogP contribution < -0.4 is 0 Å². The van der Waals surface area contributed by atoms with Gasteiger partial charge in [-0.05, 0) is 44.9 Å². The van der Waals surface area contributed by atoms with Crippen LogP contribution >= 0.6 is 0 Å². The predicted octanol–water partition coefficient (Wildman–Crippen LogP) is 15.4. The maximum absolute atomic E-state index is 12.2. The zero-order valence-corrected chi connectivity index (χ0v) is 36.3. The van der Waals surface area contributed by atoms with Crippen LogP contribution in [0.4, 0.5) is 0 Å². The summed E-state index contributed by atoms with van der Waals surface area (Å²) in [6, 6.07) is 0. The van der Waals surface area contributed by atoms with Crippen molar-refractivity contribution in [2.45, 2.75) is 264 Å². The zero-order valence-electron chi connectivity index (χ0n) is 36.3. The van der Waals surface area contributed by atoms with Gasteiger partial charge in [0.05, 0.1) is 6.61 Å². The van der Waals surface area contributed by atoms with E-state index in [9.17, 15) is 14.7 Å². The molecular formula is C49H92O5. The molecule has 0 amide bonds. The summed E-state index contributed by atoms with van der Waals surface area (Å²) >= 11 is 0. The molecule has 0 aliphatic heterocycles. The van der Waals surface area contributed by atoms with Gasteiger partial charge in [-0.3, -0.25) is 9.59 Å². The number of carbonyl (C=O) groups excluding carboxylic acids is 2. The Balaban J connectivity index is 3.47. The lowest BCUT2D eigenvalue weighted by Crippen LogP contribution is -2.28. The summed E-state index contributed by atoms with van der Waals surface area (Å²) in [5.41, 5.74) is 0. The van der Waals surface area contributed by atoms with E-state index in [1.807, 2.05) is 0 Å². The van der Waals surface area contributed by atoms with Gasteiger partial charge in [0.2, 0.25) is 0 Å². The fourth-order valence-electron chi connectivity index (χ4n) is 7.12. The second kappa shape index (κ2) is 45.8. The lowest BCUT2D eigenvalue weighted by Gasteiger charge is -2.15. The largest absolute Gasteiger partial charge is 0.462 e. The highest BCUT2D eigenvalue weighted by Gasteiger charge is 2.16. The molecule has 1 atom stereocenters. The van der Waals surface area contributed by atoms with Gasteiger partial charge in [0.25, 0.3) is 0 Å².